The first kappa shape index (κ1) is 20.5. The number of rotatable bonds is 5. The number of thioether (sulfide) groups is 1. The number of benzene rings is 2. The quantitative estimate of drug-likeness (QED) is 0.450. The molecule has 1 aromatic heterocycles. The lowest BCUT2D eigenvalue weighted by atomic mass is 10.1. The van der Waals surface area contributed by atoms with Crippen LogP contribution >= 0.6 is 35.0 Å². The zero-order chi connectivity index (χ0) is 20.4. The van der Waals surface area contributed by atoms with Gasteiger partial charge in [-0.3, -0.25) is 4.79 Å². The SMILES string of the molecule is Cc1cc(C)c(NC(=O)CSc2nnc(-c3ccc(Cl)cc3Cl)n2N)c(C)c1. The maximum atomic E-state index is 12.4. The summed E-state index contributed by atoms with van der Waals surface area (Å²) >= 11 is 13.3. The molecule has 3 N–H and O–H groups in total. The molecule has 0 saturated heterocycles. The molecule has 1 amide bonds. The van der Waals surface area contributed by atoms with Gasteiger partial charge in [-0.2, -0.15) is 0 Å². The van der Waals surface area contributed by atoms with Gasteiger partial charge in [-0.25, -0.2) is 4.68 Å². The average molecular weight is 436 g/mol. The molecule has 28 heavy (non-hydrogen) atoms. The van der Waals surface area contributed by atoms with E-state index < -0.39 is 0 Å². The summed E-state index contributed by atoms with van der Waals surface area (Å²) in [5, 5.41) is 12.5. The molecule has 0 bridgehead atoms. The first-order valence-electron chi connectivity index (χ1n) is 8.42. The maximum Gasteiger partial charge on any atom is 0.234 e. The van der Waals surface area contributed by atoms with Crippen LogP contribution in [0.1, 0.15) is 16.7 Å². The van der Waals surface area contributed by atoms with Crippen molar-refractivity contribution in [1.29, 1.82) is 0 Å². The van der Waals surface area contributed by atoms with Gasteiger partial charge in [0.05, 0.1) is 10.8 Å². The van der Waals surface area contributed by atoms with E-state index in [2.05, 4.69) is 15.5 Å². The minimum absolute atomic E-state index is 0.144. The van der Waals surface area contributed by atoms with E-state index >= 15 is 0 Å². The summed E-state index contributed by atoms with van der Waals surface area (Å²) in [6, 6.07) is 9.11. The summed E-state index contributed by atoms with van der Waals surface area (Å²) < 4.78 is 1.31. The standard InChI is InChI=1S/C19H19Cl2N5OS/c1-10-6-11(2)17(12(3)7-10)23-16(27)9-28-19-25-24-18(26(19)22)14-5-4-13(20)8-15(14)21/h4-8H,9,22H2,1-3H3,(H,23,27). The van der Waals surface area contributed by atoms with E-state index in [0.717, 1.165) is 22.4 Å². The van der Waals surface area contributed by atoms with Gasteiger partial charge in [0.1, 0.15) is 0 Å². The van der Waals surface area contributed by atoms with E-state index in [1.54, 1.807) is 18.2 Å². The number of aromatic nitrogens is 3. The molecule has 0 fully saturated rings. The molecular formula is C19H19Cl2N5OS. The Labute approximate surface area is 177 Å². The number of carbonyl (C=O) groups is 1. The number of nitrogens with zero attached hydrogens (tertiary/aromatic N) is 3. The van der Waals surface area contributed by atoms with Crippen molar-refractivity contribution in [1.82, 2.24) is 14.9 Å². The van der Waals surface area contributed by atoms with Gasteiger partial charge in [0.15, 0.2) is 5.82 Å². The van der Waals surface area contributed by atoms with Gasteiger partial charge in [-0.1, -0.05) is 52.7 Å². The lowest BCUT2D eigenvalue weighted by molar-refractivity contribution is -0.113. The summed E-state index contributed by atoms with van der Waals surface area (Å²) in [5.41, 5.74) is 4.66. The van der Waals surface area contributed by atoms with E-state index in [1.807, 2.05) is 32.9 Å². The highest BCUT2D eigenvalue weighted by atomic mass is 35.5. The van der Waals surface area contributed by atoms with Crippen molar-refractivity contribution in [2.45, 2.75) is 25.9 Å². The number of nitrogen functional groups attached to an aromatic ring is 1. The molecule has 0 atom stereocenters. The third-order valence-corrected chi connectivity index (χ3v) is 5.60. The summed E-state index contributed by atoms with van der Waals surface area (Å²) in [7, 11) is 0. The second-order valence-electron chi connectivity index (χ2n) is 6.41. The molecule has 146 valence electrons. The number of halogens is 2. The zero-order valence-corrected chi connectivity index (χ0v) is 17.9. The third-order valence-electron chi connectivity index (χ3n) is 4.11. The van der Waals surface area contributed by atoms with Crippen molar-refractivity contribution in [2.75, 3.05) is 16.9 Å². The predicted octanol–water partition coefficient (Wildman–Crippen LogP) is 4.62. The maximum absolute atomic E-state index is 12.4. The average Bonchev–Trinajstić information content (AvgIpc) is 2.97. The molecule has 0 radical (unpaired) electrons. The predicted molar refractivity (Wildman–Crippen MR) is 116 cm³/mol. The molecule has 0 spiro atoms. The van der Waals surface area contributed by atoms with Gasteiger partial charge < -0.3 is 11.2 Å². The van der Waals surface area contributed by atoms with Crippen LogP contribution in [-0.2, 0) is 4.79 Å². The fourth-order valence-electron chi connectivity index (χ4n) is 2.91. The van der Waals surface area contributed by atoms with E-state index in [4.69, 9.17) is 29.0 Å². The minimum Gasteiger partial charge on any atom is -0.335 e. The van der Waals surface area contributed by atoms with E-state index in [1.165, 1.54) is 16.4 Å². The van der Waals surface area contributed by atoms with E-state index in [0.29, 0.717) is 26.6 Å². The van der Waals surface area contributed by atoms with Crippen LogP contribution in [0.4, 0.5) is 5.69 Å². The van der Waals surface area contributed by atoms with Gasteiger partial charge >= 0.3 is 0 Å². The van der Waals surface area contributed by atoms with Gasteiger partial charge in [-0.05, 0) is 50.1 Å². The first-order valence-corrected chi connectivity index (χ1v) is 10.2. The van der Waals surface area contributed by atoms with Crippen LogP contribution in [-0.4, -0.2) is 26.5 Å². The highest BCUT2D eigenvalue weighted by Crippen LogP contribution is 2.30. The Hall–Kier alpha value is -2.22. The minimum atomic E-state index is -0.144. The van der Waals surface area contributed by atoms with Crippen molar-refractivity contribution < 1.29 is 4.79 Å². The molecule has 3 rings (SSSR count). The summed E-state index contributed by atoms with van der Waals surface area (Å²) in [6.07, 6.45) is 0. The van der Waals surface area contributed by atoms with Crippen LogP contribution in [0.2, 0.25) is 10.0 Å². The molecule has 0 aliphatic rings. The molecule has 0 unspecified atom stereocenters. The Morgan fingerprint density at radius 2 is 1.82 bits per heavy atom. The Morgan fingerprint density at radius 1 is 1.14 bits per heavy atom. The van der Waals surface area contributed by atoms with Gasteiger partial charge in [-0.15, -0.1) is 10.2 Å². The van der Waals surface area contributed by atoms with Crippen molar-refractivity contribution in [3.8, 4) is 11.4 Å². The highest BCUT2D eigenvalue weighted by molar-refractivity contribution is 7.99. The van der Waals surface area contributed by atoms with Crippen LogP contribution in [0, 0.1) is 20.8 Å². The summed E-state index contributed by atoms with van der Waals surface area (Å²) in [5.74, 6) is 6.50. The number of hydrogen-bond acceptors (Lipinski definition) is 5. The van der Waals surface area contributed by atoms with Gasteiger partial charge in [0.2, 0.25) is 11.1 Å². The number of carbonyl (C=O) groups excluding carboxylic acids is 1. The molecule has 0 aliphatic heterocycles. The Bertz CT molecular complexity index is 1030. The summed E-state index contributed by atoms with van der Waals surface area (Å²) in [6.45, 7) is 5.98. The Balaban J connectivity index is 1.70. The zero-order valence-electron chi connectivity index (χ0n) is 15.6. The molecule has 0 aliphatic carbocycles. The van der Waals surface area contributed by atoms with Crippen LogP contribution < -0.4 is 11.2 Å². The monoisotopic (exact) mass is 435 g/mol. The van der Waals surface area contributed by atoms with Crippen molar-refractivity contribution >= 4 is 46.6 Å². The first-order chi connectivity index (χ1) is 13.3. The number of nitrogens with two attached hydrogens (primary N) is 1. The van der Waals surface area contributed by atoms with Gasteiger partial charge in [0, 0.05) is 16.3 Å². The molecule has 3 aromatic rings. The molecule has 9 heteroatoms. The molecule has 2 aromatic carbocycles. The molecular weight excluding hydrogens is 417 g/mol. The van der Waals surface area contributed by atoms with Crippen LogP contribution in [0.25, 0.3) is 11.4 Å². The highest BCUT2D eigenvalue weighted by Gasteiger charge is 2.17. The van der Waals surface area contributed by atoms with Crippen LogP contribution in [0.3, 0.4) is 0 Å². The van der Waals surface area contributed by atoms with E-state index in [-0.39, 0.29) is 11.7 Å². The number of amides is 1. The number of aryl methyl sites for hydroxylation is 3. The molecule has 1 heterocycles. The van der Waals surface area contributed by atoms with E-state index in [9.17, 15) is 4.79 Å². The normalized spacial score (nSPS) is 10.9. The smallest absolute Gasteiger partial charge is 0.234 e. The van der Waals surface area contributed by atoms with Crippen molar-refractivity contribution in [3.05, 3.63) is 57.1 Å². The Kier molecular flexibility index (Phi) is 6.17. The molecule has 6 nitrogen and oxygen atoms in total. The van der Waals surface area contributed by atoms with Crippen molar-refractivity contribution in [2.24, 2.45) is 0 Å². The fraction of sp³-hybridized carbons (Fsp3) is 0.211. The van der Waals surface area contributed by atoms with Crippen LogP contribution in [0.15, 0.2) is 35.5 Å². The third kappa shape index (κ3) is 4.43. The number of nitrogens with one attached hydrogen (secondary N) is 1. The fourth-order valence-corrected chi connectivity index (χ4v) is 4.06. The topological polar surface area (TPSA) is 85.8 Å². The summed E-state index contributed by atoms with van der Waals surface area (Å²) in [4.78, 5) is 12.4. The largest absolute Gasteiger partial charge is 0.335 e. The second-order valence-corrected chi connectivity index (χ2v) is 8.20. The number of anilines is 1. The second kappa shape index (κ2) is 8.43. The Morgan fingerprint density at radius 3 is 2.46 bits per heavy atom. The van der Waals surface area contributed by atoms with Gasteiger partial charge in [0.25, 0.3) is 0 Å². The number of hydrogen-bond donors (Lipinski definition) is 2. The van der Waals surface area contributed by atoms with Crippen molar-refractivity contribution in [3.63, 3.8) is 0 Å². The lowest BCUT2D eigenvalue weighted by Gasteiger charge is -2.12. The molecule has 0 saturated carbocycles. The lowest BCUT2D eigenvalue weighted by Crippen LogP contribution is -2.17. The van der Waals surface area contributed by atoms with Crippen LogP contribution in [0.5, 0.6) is 0 Å².